The van der Waals surface area contributed by atoms with Crippen molar-refractivity contribution >= 4 is 37.2 Å². The molecule has 3 amide bonds. The third kappa shape index (κ3) is 11.5. The molecule has 1 aliphatic heterocycles. The van der Waals surface area contributed by atoms with Gasteiger partial charge in [0, 0.05) is 13.0 Å². The Morgan fingerprint density at radius 1 is 1.00 bits per heavy atom. The normalized spacial score (nSPS) is 20.6. The zero-order valence-electron chi connectivity index (χ0n) is 22.8. The molecule has 0 radical (unpaired) electrons. The Hall–Kier alpha value is -3.07. The second-order valence-corrected chi connectivity index (χ2v) is 11.5. The molecular weight excluding hydrogens is 505 g/mol. The number of ether oxygens (including phenoxy) is 2. The summed E-state index contributed by atoms with van der Waals surface area (Å²) in [6.07, 6.45) is -2.92. The minimum Gasteiger partial charge on any atom is -0.481 e. The van der Waals surface area contributed by atoms with E-state index < -0.39 is 78.8 Å². The van der Waals surface area contributed by atoms with Crippen molar-refractivity contribution in [1.82, 2.24) is 15.5 Å². The first-order valence-electron chi connectivity index (χ1n) is 12.3. The van der Waals surface area contributed by atoms with Crippen LogP contribution in [0.25, 0.3) is 0 Å². The smallest absolute Gasteiger partial charge is 0.451 e. The molecule has 0 aromatic rings. The number of hydrogen-bond donors (Lipinski definition) is 6. The first kappa shape index (κ1) is 33.0. The molecular formula is C23H40BN3O11. The molecule has 1 heterocycles. The van der Waals surface area contributed by atoms with E-state index in [-0.39, 0.29) is 32.1 Å². The van der Waals surface area contributed by atoms with Crippen molar-refractivity contribution in [3.8, 4) is 0 Å². The number of carbonyl (C=O) groups is 5. The van der Waals surface area contributed by atoms with Gasteiger partial charge in [-0.2, -0.15) is 0 Å². The molecule has 0 unspecified atom stereocenters. The molecule has 0 aliphatic carbocycles. The Bertz CT molecular complexity index is 885. The van der Waals surface area contributed by atoms with E-state index in [1.54, 1.807) is 41.5 Å². The van der Waals surface area contributed by atoms with Crippen LogP contribution in [0.2, 0.25) is 6.32 Å². The standard InChI is InChI=1S/C23H40BN3O11/c1-21(2,3)37-19(33)25-15(7-8-16(28)29)17(30)27-12-14(9-10-24(35)36)11-23(13-27,18(31)32)26-20(34)38-22(4,5)6/h14-15,35-36H,7-13H2,1-6H3,(H,25,33)(H,26,34)(H,28,29)(H,31,32)/t14-,15-,23+/m0/s1. The number of piperidine rings is 1. The Kier molecular flexibility index (Phi) is 11.4. The van der Waals surface area contributed by atoms with Crippen LogP contribution in [0.3, 0.4) is 0 Å². The van der Waals surface area contributed by atoms with Gasteiger partial charge in [-0.3, -0.25) is 9.59 Å². The fraction of sp³-hybridized carbons (Fsp3) is 0.783. The van der Waals surface area contributed by atoms with Crippen LogP contribution in [0.4, 0.5) is 9.59 Å². The molecule has 14 nitrogen and oxygen atoms in total. The highest BCUT2D eigenvalue weighted by molar-refractivity contribution is 6.40. The second-order valence-electron chi connectivity index (χ2n) is 11.5. The number of nitrogens with zero attached hydrogens (tertiary/aromatic N) is 1. The maximum atomic E-state index is 13.5. The van der Waals surface area contributed by atoms with Gasteiger partial charge in [-0.1, -0.05) is 6.42 Å². The number of aliphatic carboxylic acids is 2. The first-order chi connectivity index (χ1) is 17.2. The van der Waals surface area contributed by atoms with Gasteiger partial charge in [-0.25, -0.2) is 14.4 Å². The molecule has 1 rings (SSSR count). The zero-order valence-corrected chi connectivity index (χ0v) is 22.8. The average Bonchev–Trinajstić information content (AvgIpc) is 2.71. The lowest BCUT2D eigenvalue weighted by atomic mass is 9.75. The third-order valence-electron chi connectivity index (χ3n) is 5.51. The molecule has 6 N–H and O–H groups in total. The number of carboxylic acids is 2. The number of hydrogen-bond acceptors (Lipinski definition) is 9. The molecule has 0 spiro atoms. The van der Waals surface area contributed by atoms with Gasteiger partial charge in [0.2, 0.25) is 5.91 Å². The predicted octanol–water partition coefficient (Wildman–Crippen LogP) is 0.804. The largest absolute Gasteiger partial charge is 0.481 e. The molecule has 38 heavy (non-hydrogen) atoms. The zero-order chi connectivity index (χ0) is 29.5. The molecule has 0 saturated carbocycles. The fourth-order valence-electron chi connectivity index (χ4n) is 4.06. The summed E-state index contributed by atoms with van der Waals surface area (Å²) in [7, 11) is -1.67. The molecule has 15 heteroatoms. The third-order valence-corrected chi connectivity index (χ3v) is 5.51. The van der Waals surface area contributed by atoms with Gasteiger partial charge in [0.1, 0.15) is 17.2 Å². The summed E-state index contributed by atoms with van der Waals surface area (Å²) in [5, 5.41) is 42.7. The summed E-state index contributed by atoms with van der Waals surface area (Å²) >= 11 is 0. The van der Waals surface area contributed by atoms with Gasteiger partial charge < -0.3 is 45.3 Å². The number of carboxylic acid groups (broad SMARTS) is 2. The molecule has 0 aromatic heterocycles. The number of alkyl carbamates (subject to hydrolysis) is 2. The van der Waals surface area contributed by atoms with Crippen LogP contribution in [0.15, 0.2) is 0 Å². The minimum atomic E-state index is -2.00. The lowest BCUT2D eigenvalue weighted by molar-refractivity contribution is -0.152. The van der Waals surface area contributed by atoms with Crippen molar-refractivity contribution < 1.29 is 53.7 Å². The van der Waals surface area contributed by atoms with Crippen LogP contribution in [-0.4, -0.2) is 98.2 Å². The molecule has 3 atom stereocenters. The fourth-order valence-corrected chi connectivity index (χ4v) is 4.06. The van der Waals surface area contributed by atoms with Crippen LogP contribution >= 0.6 is 0 Å². The number of likely N-dealkylation sites (tertiary alicyclic amines) is 1. The van der Waals surface area contributed by atoms with Gasteiger partial charge in [-0.15, -0.1) is 0 Å². The van der Waals surface area contributed by atoms with Crippen molar-refractivity contribution in [3.05, 3.63) is 0 Å². The summed E-state index contributed by atoms with van der Waals surface area (Å²) < 4.78 is 10.4. The van der Waals surface area contributed by atoms with E-state index in [1.807, 2.05) is 0 Å². The van der Waals surface area contributed by atoms with Crippen molar-refractivity contribution in [2.45, 2.75) is 96.3 Å². The lowest BCUT2D eigenvalue weighted by Crippen LogP contribution is -2.67. The Morgan fingerprint density at radius 2 is 1.55 bits per heavy atom. The van der Waals surface area contributed by atoms with Crippen LogP contribution in [0.5, 0.6) is 0 Å². The van der Waals surface area contributed by atoms with E-state index in [9.17, 15) is 39.1 Å². The summed E-state index contributed by atoms with van der Waals surface area (Å²) in [6, 6.07) is -1.36. The molecule has 0 bridgehead atoms. The molecule has 1 fully saturated rings. The van der Waals surface area contributed by atoms with Crippen molar-refractivity contribution in [3.63, 3.8) is 0 Å². The Morgan fingerprint density at radius 3 is 2.03 bits per heavy atom. The van der Waals surface area contributed by atoms with Crippen LogP contribution in [-0.2, 0) is 23.9 Å². The van der Waals surface area contributed by atoms with Crippen LogP contribution < -0.4 is 10.6 Å². The lowest BCUT2D eigenvalue weighted by Gasteiger charge is -2.45. The van der Waals surface area contributed by atoms with Gasteiger partial charge in [0.25, 0.3) is 0 Å². The number of carbonyl (C=O) groups excluding carboxylic acids is 3. The van der Waals surface area contributed by atoms with Crippen molar-refractivity contribution in [2.75, 3.05) is 13.1 Å². The monoisotopic (exact) mass is 545 g/mol. The van der Waals surface area contributed by atoms with Gasteiger partial charge >= 0.3 is 31.2 Å². The van der Waals surface area contributed by atoms with E-state index >= 15 is 0 Å². The maximum absolute atomic E-state index is 13.5. The van der Waals surface area contributed by atoms with Crippen molar-refractivity contribution in [2.24, 2.45) is 5.92 Å². The van der Waals surface area contributed by atoms with Crippen molar-refractivity contribution in [1.29, 1.82) is 0 Å². The number of rotatable bonds is 10. The van der Waals surface area contributed by atoms with Gasteiger partial charge in [-0.05, 0) is 66.6 Å². The van der Waals surface area contributed by atoms with E-state index in [0.717, 1.165) is 4.90 Å². The molecule has 1 aliphatic rings. The summed E-state index contributed by atoms with van der Waals surface area (Å²) in [4.78, 5) is 63.3. The quantitative estimate of drug-likeness (QED) is 0.211. The summed E-state index contributed by atoms with van der Waals surface area (Å²) in [5.74, 6) is -4.03. The summed E-state index contributed by atoms with van der Waals surface area (Å²) in [5.41, 5.74) is -3.83. The summed E-state index contributed by atoms with van der Waals surface area (Å²) in [6.45, 7) is 9.07. The SMILES string of the molecule is CC(C)(C)OC(=O)N[C@@H](CCC(=O)O)C(=O)N1C[C@@H](CCB(O)O)C[C@](NC(=O)OC(C)(C)C)(C(=O)O)C1. The van der Waals surface area contributed by atoms with E-state index in [2.05, 4.69) is 10.6 Å². The number of amides is 3. The highest BCUT2D eigenvalue weighted by Crippen LogP contribution is 2.31. The molecule has 1 saturated heterocycles. The first-order valence-corrected chi connectivity index (χ1v) is 12.3. The topological polar surface area (TPSA) is 212 Å². The van der Waals surface area contributed by atoms with E-state index in [4.69, 9.17) is 14.6 Å². The van der Waals surface area contributed by atoms with E-state index in [1.165, 1.54) is 0 Å². The highest BCUT2D eigenvalue weighted by atomic mass is 16.6. The van der Waals surface area contributed by atoms with Crippen LogP contribution in [0, 0.1) is 5.92 Å². The molecule has 216 valence electrons. The van der Waals surface area contributed by atoms with Gasteiger partial charge in [0.05, 0.1) is 6.54 Å². The number of nitrogens with one attached hydrogen (secondary N) is 2. The minimum absolute atomic E-state index is 0.0316. The van der Waals surface area contributed by atoms with Crippen LogP contribution in [0.1, 0.15) is 67.2 Å². The average molecular weight is 545 g/mol. The second kappa shape index (κ2) is 13.1. The van der Waals surface area contributed by atoms with E-state index in [0.29, 0.717) is 0 Å². The Labute approximate surface area is 222 Å². The maximum Gasteiger partial charge on any atom is 0.451 e. The highest BCUT2D eigenvalue weighted by Gasteiger charge is 2.49. The molecule has 0 aromatic carbocycles. The van der Waals surface area contributed by atoms with Gasteiger partial charge in [0.15, 0.2) is 5.54 Å². The predicted molar refractivity (Wildman–Crippen MR) is 134 cm³/mol. The Balaban J connectivity index is 3.33.